The minimum Gasteiger partial charge on any atom is -0.375 e. The second kappa shape index (κ2) is 5.97. The van der Waals surface area contributed by atoms with Crippen LogP contribution in [-0.2, 0) is 9.53 Å². The van der Waals surface area contributed by atoms with Crippen LogP contribution in [0.2, 0.25) is 0 Å². The van der Waals surface area contributed by atoms with Gasteiger partial charge in [-0.2, -0.15) is 0 Å². The number of halogens is 1. The molecule has 4 nitrogen and oxygen atoms in total. The zero-order chi connectivity index (χ0) is 15.7. The van der Waals surface area contributed by atoms with Crippen molar-refractivity contribution in [2.45, 2.75) is 30.9 Å². The lowest BCUT2D eigenvalue weighted by Gasteiger charge is -2.48. The monoisotopic (exact) mass is 306 g/mol. The van der Waals surface area contributed by atoms with Crippen LogP contribution < -0.4 is 0 Å². The van der Waals surface area contributed by atoms with Gasteiger partial charge in [0.05, 0.1) is 12.2 Å². The Labute approximate surface area is 130 Å². The molecule has 1 amide bonds. The highest BCUT2D eigenvalue weighted by Crippen LogP contribution is 2.37. The van der Waals surface area contributed by atoms with Crippen LogP contribution in [0.15, 0.2) is 24.3 Å². The summed E-state index contributed by atoms with van der Waals surface area (Å²) in [6.07, 6.45) is 2.87. The fraction of sp³-hybridized carbons (Fsp3) is 0.588. The van der Waals surface area contributed by atoms with Gasteiger partial charge in [0.15, 0.2) is 0 Å². The van der Waals surface area contributed by atoms with E-state index < -0.39 is 6.04 Å². The van der Waals surface area contributed by atoms with E-state index in [1.807, 2.05) is 19.0 Å². The van der Waals surface area contributed by atoms with Crippen molar-refractivity contribution in [3.05, 3.63) is 35.6 Å². The molecule has 1 spiro atoms. The summed E-state index contributed by atoms with van der Waals surface area (Å²) in [5, 5.41) is 0. The zero-order valence-electron chi connectivity index (χ0n) is 13.2. The molecule has 0 radical (unpaired) electrons. The lowest BCUT2D eigenvalue weighted by molar-refractivity contribution is -0.177. The summed E-state index contributed by atoms with van der Waals surface area (Å²) in [5.74, 6) is -0.352. The SMILES string of the molecule is CN(C)[C@@H](C(=O)N1CCC2(CCO2)CC1)c1ccccc1F. The van der Waals surface area contributed by atoms with E-state index in [4.69, 9.17) is 4.74 Å². The Balaban J connectivity index is 1.75. The molecule has 0 N–H and O–H groups in total. The average Bonchev–Trinajstić information content (AvgIpc) is 2.47. The first-order chi connectivity index (χ1) is 10.5. The number of ether oxygens (including phenoxy) is 1. The minimum absolute atomic E-state index is 0.0163. The number of rotatable bonds is 3. The smallest absolute Gasteiger partial charge is 0.244 e. The normalized spacial score (nSPS) is 21.7. The maximum absolute atomic E-state index is 14.1. The quantitative estimate of drug-likeness (QED) is 0.858. The Morgan fingerprint density at radius 3 is 2.41 bits per heavy atom. The molecule has 0 saturated carbocycles. The molecule has 2 fully saturated rings. The van der Waals surface area contributed by atoms with Crippen LogP contribution in [0, 0.1) is 5.82 Å². The van der Waals surface area contributed by atoms with Gasteiger partial charge in [0.2, 0.25) is 5.91 Å². The molecule has 2 aliphatic rings. The van der Waals surface area contributed by atoms with Crippen LogP contribution in [0.5, 0.6) is 0 Å². The number of piperidine rings is 1. The van der Waals surface area contributed by atoms with Gasteiger partial charge in [0.25, 0.3) is 0 Å². The molecule has 1 aromatic carbocycles. The standard InChI is InChI=1S/C17H23FN2O2/c1-19(2)15(13-5-3-4-6-14(13)18)16(21)20-10-7-17(8-11-20)9-12-22-17/h3-6,15H,7-12H2,1-2H3/t15-/m1/s1. The third-order valence-corrected chi connectivity index (χ3v) is 4.90. The third kappa shape index (κ3) is 2.75. The number of nitrogens with zero attached hydrogens (tertiary/aromatic N) is 2. The number of hydrogen-bond donors (Lipinski definition) is 0. The van der Waals surface area contributed by atoms with Gasteiger partial charge in [0, 0.05) is 18.7 Å². The predicted molar refractivity (Wildman–Crippen MR) is 81.9 cm³/mol. The number of benzene rings is 1. The molecule has 5 heteroatoms. The second-order valence-electron chi connectivity index (χ2n) is 6.49. The number of amides is 1. The van der Waals surface area contributed by atoms with E-state index >= 15 is 0 Å². The highest BCUT2D eigenvalue weighted by Gasteiger charge is 2.43. The summed E-state index contributed by atoms with van der Waals surface area (Å²) in [6.45, 7) is 2.22. The van der Waals surface area contributed by atoms with Crippen LogP contribution in [0.1, 0.15) is 30.9 Å². The molecule has 120 valence electrons. The third-order valence-electron chi connectivity index (χ3n) is 4.90. The van der Waals surface area contributed by atoms with Crippen molar-refractivity contribution in [1.82, 2.24) is 9.80 Å². The molecule has 1 atom stereocenters. The summed E-state index contributed by atoms with van der Waals surface area (Å²) in [5.41, 5.74) is 0.459. The first-order valence-electron chi connectivity index (χ1n) is 7.86. The Morgan fingerprint density at radius 2 is 1.91 bits per heavy atom. The summed E-state index contributed by atoms with van der Waals surface area (Å²) in [4.78, 5) is 16.5. The molecule has 0 aromatic heterocycles. The van der Waals surface area contributed by atoms with Gasteiger partial charge >= 0.3 is 0 Å². The Morgan fingerprint density at radius 1 is 1.27 bits per heavy atom. The molecular weight excluding hydrogens is 283 g/mol. The first kappa shape index (κ1) is 15.4. The Bertz CT molecular complexity index is 547. The molecule has 0 bridgehead atoms. The van der Waals surface area contributed by atoms with Crippen LogP contribution in [0.3, 0.4) is 0 Å². The van der Waals surface area contributed by atoms with Gasteiger partial charge in [-0.15, -0.1) is 0 Å². The van der Waals surface area contributed by atoms with E-state index in [2.05, 4.69) is 0 Å². The summed E-state index contributed by atoms with van der Waals surface area (Å²) in [6, 6.07) is 5.95. The van der Waals surface area contributed by atoms with Crippen LogP contribution in [-0.4, -0.2) is 55.1 Å². The summed E-state index contributed by atoms with van der Waals surface area (Å²) in [7, 11) is 3.63. The molecule has 2 heterocycles. The van der Waals surface area contributed by atoms with Crippen molar-refractivity contribution in [2.24, 2.45) is 0 Å². The Kier molecular flexibility index (Phi) is 4.19. The van der Waals surface area contributed by atoms with Crippen molar-refractivity contribution in [1.29, 1.82) is 0 Å². The predicted octanol–water partition coefficient (Wildman–Crippen LogP) is 2.21. The lowest BCUT2D eigenvalue weighted by Crippen LogP contribution is -2.54. The number of hydrogen-bond acceptors (Lipinski definition) is 3. The lowest BCUT2D eigenvalue weighted by atomic mass is 9.84. The molecule has 2 aliphatic heterocycles. The van der Waals surface area contributed by atoms with Gasteiger partial charge < -0.3 is 9.64 Å². The Hall–Kier alpha value is -1.46. The highest BCUT2D eigenvalue weighted by molar-refractivity contribution is 5.83. The number of likely N-dealkylation sites (tertiary alicyclic amines) is 1. The second-order valence-corrected chi connectivity index (χ2v) is 6.49. The van der Waals surface area contributed by atoms with E-state index in [-0.39, 0.29) is 17.3 Å². The summed E-state index contributed by atoms with van der Waals surface area (Å²) < 4.78 is 19.8. The largest absolute Gasteiger partial charge is 0.375 e. The van der Waals surface area contributed by atoms with Crippen molar-refractivity contribution < 1.29 is 13.9 Å². The molecule has 1 aromatic rings. The van der Waals surface area contributed by atoms with Crippen LogP contribution in [0.4, 0.5) is 4.39 Å². The van der Waals surface area contributed by atoms with Gasteiger partial charge in [-0.05, 0) is 39.4 Å². The van der Waals surface area contributed by atoms with E-state index in [9.17, 15) is 9.18 Å². The number of carbonyl (C=O) groups is 1. The minimum atomic E-state index is -0.572. The fourth-order valence-corrected chi connectivity index (χ4v) is 3.42. The van der Waals surface area contributed by atoms with Crippen molar-refractivity contribution >= 4 is 5.91 Å². The van der Waals surface area contributed by atoms with E-state index in [1.165, 1.54) is 6.07 Å². The highest BCUT2D eigenvalue weighted by atomic mass is 19.1. The van der Waals surface area contributed by atoms with Crippen LogP contribution >= 0.6 is 0 Å². The van der Waals surface area contributed by atoms with Crippen molar-refractivity contribution in [2.75, 3.05) is 33.8 Å². The van der Waals surface area contributed by atoms with Gasteiger partial charge in [0.1, 0.15) is 11.9 Å². The molecule has 3 rings (SSSR count). The molecule has 2 saturated heterocycles. The average molecular weight is 306 g/mol. The van der Waals surface area contributed by atoms with Crippen LogP contribution in [0.25, 0.3) is 0 Å². The fourth-order valence-electron chi connectivity index (χ4n) is 3.42. The topological polar surface area (TPSA) is 32.8 Å². The van der Waals surface area contributed by atoms with E-state index in [0.717, 1.165) is 25.9 Å². The molecule has 22 heavy (non-hydrogen) atoms. The maximum Gasteiger partial charge on any atom is 0.244 e. The summed E-state index contributed by atoms with van der Waals surface area (Å²) >= 11 is 0. The van der Waals surface area contributed by atoms with Gasteiger partial charge in [-0.3, -0.25) is 9.69 Å². The molecule has 0 unspecified atom stereocenters. The van der Waals surface area contributed by atoms with Crippen molar-refractivity contribution in [3.8, 4) is 0 Å². The van der Waals surface area contributed by atoms with Gasteiger partial charge in [-0.1, -0.05) is 18.2 Å². The van der Waals surface area contributed by atoms with Gasteiger partial charge in [-0.25, -0.2) is 4.39 Å². The van der Waals surface area contributed by atoms with Crippen molar-refractivity contribution in [3.63, 3.8) is 0 Å². The number of likely N-dealkylation sites (N-methyl/N-ethyl adjacent to an activating group) is 1. The molecular formula is C17H23FN2O2. The zero-order valence-corrected chi connectivity index (χ0v) is 13.2. The first-order valence-corrected chi connectivity index (χ1v) is 7.86. The van der Waals surface area contributed by atoms with E-state index in [1.54, 1.807) is 23.1 Å². The maximum atomic E-state index is 14.1. The number of carbonyl (C=O) groups excluding carboxylic acids is 1. The van der Waals surface area contributed by atoms with E-state index in [0.29, 0.717) is 18.7 Å². The molecule has 0 aliphatic carbocycles.